The van der Waals surface area contributed by atoms with Gasteiger partial charge in [0.05, 0.1) is 6.20 Å². The van der Waals surface area contributed by atoms with Gasteiger partial charge in [-0.1, -0.05) is 38.1 Å². The second kappa shape index (κ2) is 7.25. The molecule has 2 aromatic rings. The van der Waals surface area contributed by atoms with E-state index >= 15 is 0 Å². The van der Waals surface area contributed by atoms with Crippen LogP contribution in [0.25, 0.3) is 0 Å². The van der Waals surface area contributed by atoms with Crippen LogP contribution in [-0.4, -0.2) is 17.6 Å². The van der Waals surface area contributed by atoms with Crippen LogP contribution in [0.1, 0.15) is 36.6 Å². The van der Waals surface area contributed by atoms with Crippen molar-refractivity contribution in [3.8, 4) is 0 Å². The molecule has 0 aliphatic rings. The summed E-state index contributed by atoms with van der Waals surface area (Å²) < 4.78 is 5.78. The number of nitrogens with one attached hydrogen (secondary N) is 1. The third kappa shape index (κ3) is 4.49. The molecule has 0 unspecified atom stereocenters. The van der Waals surface area contributed by atoms with Crippen LogP contribution < -0.4 is 5.32 Å². The molecule has 3 nitrogen and oxygen atoms in total. The number of rotatable bonds is 7. The van der Waals surface area contributed by atoms with E-state index in [1.165, 1.54) is 11.1 Å². The van der Waals surface area contributed by atoms with Crippen molar-refractivity contribution in [2.45, 2.75) is 46.1 Å². The van der Waals surface area contributed by atoms with Gasteiger partial charge in [-0.15, -0.1) is 0 Å². The van der Waals surface area contributed by atoms with Crippen molar-refractivity contribution >= 4 is 0 Å². The number of hydrogen-bond acceptors (Lipinski definition) is 3. The summed E-state index contributed by atoms with van der Waals surface area (Å²) in [6.45, 7) is 7.35. The van der Waals surface area contributed by atoms with E-state index in [9.17, 15) is 0 Å². The van der Waals surface area contributed by atoms with Gasteiger partial charge in [-0.2, -0.15) is 0 Å². The summed E-state index contributed by atoms with van der Waals surface area (Å²) in [6, 6.07) is 9.00. The monoisotopic (exact) mass is 272 g/mol. The fourth-order valence-corrected chi connectivity index (χ4v) is 2.20. The second-order valence-corrected chi connectivity index (χ2v) is 5.51. The van der Waals surface area contributed by atoms with E-state index in [2.05, 4.69) is 55.3 Å². The van der Waals surface area contributed by atoms with Crippen LogP contribution in [-0.2, 0) is 19.3 Å². The Hall–Kier alpha value is -1.61. The predicted molar refractivity (Wildman–Crippen MR) is 81.9 cm³/mol. The van der Waals surface area contributed by atoms with Gasteiger partial charge in [-0.3, -0.25) is 0 Å². The molecule has 0 amide bonds. The molecule has 0 aliphatic carbocycles. The fourth-order valence-electron chi connectivity index (χ4n) is 2.20. The Bertz CT molecular complexity index is 531. The van der Waals surface area contributed by atoms with Gasteiger partial charge in [-0.05, 0) is 24.5 Å². The van der Waals surface area contributed by atoms with Gasteiger partial charge in [0.2, 0.25) is 0 Å². The maximum atomic E-state index is 5.78. The highest BCUT2D eigenvalue weighted by molar-refractivity contribution is 5.26. The molecular weight excluding hydrogens is 248 g/mol. The topological polar surface area (TPSA) is 38.1 Å². The van der Waals surface area contributed by atoms with Crippen LogP contribution in [0.3, 0.4) is 0 Å². The van der Waals surface area contributed by atoms with Crippen molar-refractivity contribution in [2.75, 3.05) is 6.54 Å². The number of oxazole rings is 1. The summed E-state index contributed by atoms with van der Waals surface area (Å²) >= 11 is 0. The van der Waals surface area contributed by atoms with Crippen molar-refractivity contribution in [3.05, 3.63) is 53.2 Å². The normalized spacial score (nSPS) is 11.2. The van der Waals surface area contributed by atoms with Gasteiger partial charge in [0.1, 0.15) is 5.76 Å². The van der Waals surface area contributed by atoms with Crippen molar-refractivity contribution in [3.63, 3.8) is 0 Å². The molecule has 0 aliphatic heterocycles. The molecule has 3 heteroatoms. The zero-order chi connectivity index (χ0) is 14.4. The summed E-state index contributed by atoms with van der Waals surface area (Å²) in [5, 5.41) is 3.37. The molecule has 0 atom stereocenters. The van der Waals surface area contributed by atoms with E-state index in [-0.39, 0.29) is 0 Å². The maximum absolute atomic E-state index is 5.78. The molecule has 1 aromatic carbocycles. The molecule has 0 radical (unpaired) electrons. The first-order valence-electron chi connectivity index (χ1n) is 7.36. The molecule has 0 saturated heterocycles. The molecule has 1 aromatic heterocycles. The molecule has 108 valence electrons. The zero-order valence-corrected chi connectivity index (χ0v) is 12.6. The SMILES string of the molecule is Cc1ccccc1CCc1cnc(CCNC(C)C)o1. The Balaban J connectivity index is 1.82. The molecule has 0 saturated carbocycles. The van der Waals surface area contributed by atoms with Gasteiger partial charge < -0.3 is 9.73 Å². The highest BCUT2D eigenvalue weighted by atomic mass is 16.4. The molecule has 0 spiro atoms. The Kier molecular flexibility index (Phi) is 5.36. The molecule has 0 bridgehead atoms. The van der Waals surface area contributed by atoms with Crippen LogP contribution in [0.4, 0.5) is 0 Å². The highest BCUT2D eigenvalue weighted by Crippen LogP contribution is 2.12. The van der Waals surface area contributed by atoms with E-state index in [0.717, 1.165) is 37.5 Å². The number of hydrogen-bond donors (Lipinski definition) is 1. The third-order valence-electron chi connectivity index (χ3n) is 3.39. The lowest BCUT2D eigenvalue weighted by Crippen LogP contribution is -2.24. The molecule has 1 heterocycles. The minimum absolute atomic E-state index is 0.505. The van der Waals surface area contributed by atoms with Crippen LogP contribution in [0.5, 0.6) is 0 Å². The smallest absolute Gasteiger partial charge is 0.195 e. The summed E-state index contributed by atoms with van der Waals surface area (Å²) in [4.78, 5) is 4.34. The van der Waals surface area contributed by atoms with Gasteiger partial charge in [-0.25, -0.2) is 4.98 Å². The second-order valence-electron chi connectivity index (χ2n) is 5.51. The van der Waals surface area contributed by atoms with E-state index < -0.39 is 0 Å². The van der Waals surface area contributed by atoms with Crippen molar-refractivity contribution in [2.24, 2.45) is 0 Å². The number of nitrogens with zero attached hydrogens (tertiary/aromatic N) is 1. The fraction of sp³-hybridized carbons (Fsp3) is 0.471. The van der Waals surface area contributed by atoms with Crippen molar-refractivity contribution < 1.29 is 4.42 Å². The Morgan fingerprint density at radius 2 is 1.95 bits per heavy atom. The molecule has 1 N–H and O–H groups in total. The summed E-state index contributed by atoms with van der Waals surface area (Å²) in [6.07, 6.45) is 4.63. The van der Waals surface area contributed by atoms with Crippen molar-refractivity contribution in [1.29, 1.82) is 0 Å². The number of aromatic nitrogens is 1. The zero-order valence-electron chi connectivity index (χ0n) is 12.6. The van der Waals surface area contributed by atoms with Crippen LogP contribution >= 0.6 is 0 Å². The number of aryl methyl sites for hydroxylation is 3. The highest BCUT2D eigenvalue weighted by Gasteiger charge is 2.05. The Morgan fingerprint density at radius 1 is 1.15 bits per heavy atom. The van der Waals surface area contributed by atoms with E-state index in [4.69, 9.17) is 4.42 Å². The van der Waals surface area contributed by atoms with Crippen LogP contribution in [0, 0.1) is 6.92 Å². The predicted octanol–water partition coefficient (Wildman–Crippen LogP) is 3.31. The Morgan fingerprint density at radius 3 is 2.70 bits per heavy atom. The molecule has 0 fully saturated rings. The van der Waals surface area contributed by atoms with Gasteiger partial charge in [0.25, 0.3) is 0 Å². The lowest BCUT2D eigenvalue weighted by Gasteiger charge is -2.05. The van der Waals surface area contributed by atoms with E-state index in [1.54, 1.807) is 0 Å². The minimum atomic E-state index is 0.505. The van der Waals surface area contributed by atoms with E-state index in [1.807, 2.05) is 6.20 Å². The summed E-state index contributed by atoms with van der Waals surface area (Å²) in [5.41, 5.74) is 2.72. The average molecular weight is 272 g/mol. The van der Waals surface area contributed by atoms with E-state index in [0.29, 0.717) is 6.04 Å². The average Bonchev–Trinajstić information content (AvgIpc) is 2.85. The molecule has 20 heavy (non-hydrogen) atoms. The maximum Gasteiger partial charge on any atom is 0.195 e. The van der Waals surface area contributed by atoms with Crippen molar-refractivity contribution in [1.82, 2.24) is 10.3 Å². The molecule has 2 rings (SSSR count). The van der Waals surface area contributed by atoms with Crippen LogP contribution in [0.15, 0.2) is 34.9 Å². The first-order chi connectivity index (χ1) is 9.65. The summed E-state index contributed by atoms with van der Waals surface area (Å²) in [5.74, 6) is 1.81. The van der Waals surface area contributed by atoms with Gasteiger partial charge in [0.15, 0.2) is 5.89 Å². The quantitative estimate of drug-likeness (QED) is 0.840. The van der Waals surface area contributed by atoms with Crippen LogP contribution in [0.2, 0.25) is 0 Å². The Labute approximate surface area is 121 Å². The first-order valence-corrected chi connectivity index (χ1v) is 7.36. The standard InChI is InChI=1S/C17H24N2O/c1-13(2)18-11-10-17-19-12-16(20-17)9-8-15-7-5-4-6-14(15)3/h4-7,12-13,18H,8-11H2,1-3H3. The summed E-state index contributed by atoms with van der Waals surface area (Å²) in [7, 11) is 0. The van der Waals surface area contributed by atoms with Gasteiger partial charge in [0, 0.05) is 25.4 Å². The number of benzene rings is 1. The lowest BCUT2D eigenvalue weighted by molar-refractivity contribution is 0.443. The first kappa shape index (κ1) is 14.8. The minimum Gasteiger partial charge on any atom is -0.446 e. The lowest BCUT2D eigenvalue weighted by atomic mass is 10.0. The van der Waals surface area contributed by atoms with Gasteiger partial charge >= 0.3 is 0 Å². The third-order valence-corrected chi connectivity index (χ3v) is 3.39. The molecular formula is C17H24N2O. The largest absolute Gasteiger partial charge is 0.446 e.